The van der Waals surface area contributed by atoms with Crippen molar-refractivity contribution in [3.8, 4) is 5.75 Å². The number of halogens is 2. The van der Waals surface area contributed by atoms with Crippen molar-refractivity contribution in [3.05, 3.63) is 29.8 Å². The van der Waals surface area contributed by atoms with Crippen LogP contribution in [0.5, 0.6) is 5.75 Å². The van der Waals surface area contributed by atoms with E-state index in [2.05, 4.69) is 5.32 Å². The van der Waals surface area contributed by atoms with Crippen LogP contribution in [-0.4, -0.2) is 30.1 Å². The maximum absolute atomic E-state index is 12.9. The highest BCUT2D eigenvalue weighted by Gasteiger charge is 2.48. The molecular weight excluding hydrogens is 272 g/mol. The zero-order chi connectivity index (χ0) is 14.7. The normalized spacial score (nSPS) is 20.3. The summed E-state index contributed by atoms with van der Waals surface area (Å²) in [6.45, 7) is 0.252. The molecule has 1 saturated carbocycles. The number of carboxylic acids is 1. The van der Waals surface area contributed by atoms with E-state index < -0.39 is 29.4 Å². The zero-order valence-corrected chi connectivity index (χ0v) is 10.4. The summed E-state index contributed by atoms with van der Waals surface area (Å²) in [7, 11) is 0. The average molecular weight is 285 g/mol. The van der Waals surface area contributed by atoms with Crippen molar-refractivity contribution in [1.82, 2.24) is 5.32 Å². The van der Waals surface area contributed by atoms with E-state index in [0.717, 1.165) is 12.1 Å². The minimum atomic E-state index is -1.01. The van der Waals surface area contributed by atoms with Crippen LogP contribution in [0.15, 0.2) is 18.2 Å². The average Bonchev–Trinajstić information content (AvgIpc) is 3.19. The highest BCUT2D eigenvalue weighted by Crippen LogP contribution is 2.38. The monoisotopic (exact) mass is 285 g/mol. The Hall–Kier alpha value is -2.18. The number of rotatable bonds is 6. The zero-order valence-electron chi connectivity index (χ0n) is 10.4. The summed E-state index contributed by atoms with van der Waals surface area (Å²) in [6, 6.07) is 3.14. The fourth-order valence-electron chi connectivity index (χ4n) is 1.80. The number of ether oxygens (including phenoxy) is 1. The molecule has 108 valence electrons. The predicted molar refractivity (Wildman–Crippen MR) is 64.1 cm³/mol. The largest absolute Gasteiger partial charge is 0.492 e. The molecule has 0 heterocycles. The van der Waals surface area contributed by atoms with Crippen molar-refractivity contribution in [1.29, 1.82) is 0 Å². The van der Waals surface area contributed by atoms with E-state index >= 15 is 0 Å². The van der Waals surface area contributed by atoms with Gasteiger partial charge in [0.15, 0.2) is 11.6 Å². The summed E-state index contributed by atoms with van der Waals surface area (Å²) in [5.41, 5.74) is 0. The molecule has 0 radical (unpaired) electrons. The van der Waals surface area contributed by atoms with Gasteiger partial charge in [-0.05, 0) is 18.6 Å². The second-order valence-corrected chi connectivity index (χ2v) is 4.50. The Bertz CT molecular complexity index is 535. The van der Waals surface area contributed by atoms with E-state index in [4.69, 9.17) is 9.84 Å². The topological polar surface area (TPSA) is 75.6 Å². The highest BCUT2D eigenvalue weighted by atomic mass is 19.2. The van der Waals surface area contributed by atoms with Crippen molar-refractivity contribution in [2.45, 2.75) is 6.42 Å². The van der Waals surface area contributed by atoms with Crippen molar-refractivity contribution in [3.63, 3.8) is 0 Å². The third kappa shape index (κ3) is 3.43. The van der Waals surface area contributed by atoms with Gasteiger partial charge in [-0.15, -0.1) is 0 Å². The summed E-state index contributed by atoms with van der Waals surface area (Å²) in [5, 5.41) is 11.2. The maximum Gasteiger partial charge on any atom is 0.307 e. The van der Waals surface area contributed by atoms with Gasteiger partial charge < -0.3 is 15.2 Å². The number of carboxylic acid groups (broad SMARTS) is 1. The highest BCUT2D eigenvalue weighted by molar-refractivity contribution is 5.89. The Kier molecular flexibility index (Phi) is 4.16. The number of nitrogens with one attached hydrogen (secondary N) is 1. The lowest BCUT2D eigenvalue weighted by Gasteiger charge is -2.07. The first-order valence-electron chi connectivity index (χ1n) is 6.07. The number of carbonyl (C=O) groups excluding carboxylic acids is 1. The lowest BCUT2D eigenvalue weighted by atomic mass is 10.3. The van der Waals surface area contributed by atoms with E-state index in [9.17, 15) is 18.4 Å². The number of amides is 1. The van der Waals surface area contributed by atoms with Crippen LogP contribution in [0, 0.1) is 23.5 Å². The van der Waals surface area contributed by atoms with Crippen molar-refractivity contribution >= 4 is 11.9 Å². The number of carbonyl (C=O) groups is 2. The smallest absolute Gasteiger partial charge is 0.307 e. The fourth-order valence-corrected chi connectivity index (χ4v) is 1.80. The molecule has 1 fully saturated rings. The van der Waals surface area contributed by atoms with Crippen LogP contribution in [0.3, 0.4) is 0 Å². The van der Waals surface area contributed by atoms with Gasteiger partial charge in [-0.2, -0.15) is 0 Å². The first-order valence-corrected chi connectivity index (χ1v) is 6.07. The van der Waals surface area contributed by atoms with E-state index in [0.29, 0.717) is 6.42 Å². The molecule has 5 nitrogen and oxygen atoms in total. The van der Waals surface area contributed by atoms with Gasteiger partial charge in [-0.1, -0.05) is 0 Å². The molecule has 0 saturated heterocycles. The first-order chi connectivity index (χ1) is 9.49. The van der Waals surface area contributed by atoms with Crippen LogP contribution in [0.2, 0.25) is 0 Å². The Balaban J connectivity index is 1.68. The molecule has 2 atom stereocenters. The molecule has 2 rings (SSSR count). The summed E-state index contributed by atoms with van der Waals surface area (Å²) >= 11 is 0. The Labute approximate surface area is 113 Å². The quantitative estimate of drug-likeness (QED) is 0.770. The third-order valence-electron chi connectivity index (χ3n) is 3.01. The summed E-state index contributed by atoms with van der Waals surface area (Å²) < 4.78 is 30.7. The van der Waals surface area contributed by atoms with Crippen molar-refractivity contribution in [2.75, 3.05) is 13.2 Å². The Morgan fingerprint density at radius 3 is 2.65 bits per heavy atom. The molecule has 0 bridgehead atoms. The first kappa shape index (κ1) is 14.2. The molecule has 20 heavy (non-hydrogen) atoms. The van der Waals surface area contributed by atoms with Crippen LogP contribution in [0.25, 0.3) is 0 Å². The third-order valence-corrected chi connectivity index (χ3v) is 3.01. The maximum atomic E-state index is 12.9. The predicted octanol–water partition coefficient (Wildman–Crippen LogP) is 1.18. The molecule has 7 heteroatoms. The molecule has 2 N–H and O–H groups in total. The van der Waals surface area contributed by atoms with Crippen molar-refractivity contribution < 1.29 is 28.2 Å². The van der Waals surface area contributed by atoms with Crippen molar-refractivity contribution in [2.24, 2.45) is 11.8 Å². The van der Waals surface area contributed by atoms with Gasteiger partial charge in [0.2, 0.25) is 5.91 Å². The molecule has 1 amide bonds. The molecule has 0 unspecified atom stereocenters. The molecule has 1 aliphatic carbocycles. The fraction of sp³-hybridized carbons (Fsp3) is 0.385. The Morgan fingerprint density at radius 1 is 1.30 bits per heavy atom. The molecule has 1 aromatic rings. The number of benzene rings is 1. The molecule has 1 aliphatic rings. The van der Waals surface area contributed by atoms with E-state index in [1.165, 1.54) is 6.07 Å². The second-order valence-electron chi connectivity index (χ2n) is 4.50. The Morgan fingerprint density at radius 2 is 2.05 bits per heavy atom. The SMILES string of the molecule is O=C(O)[C@H]1C[C@H]1C(=O)NCCOc1ccc(F)c(F)c1. The lowest BCUT2D eigenvalue weighted by Crippen LogP contribution is -2.30. The molecule has 1 aromatic carbocycles. The molecule has 0 aliphatic heterocycles. The van der Waals surface area contributed by atoms with Gasteiger partial charge in [0.25, 0.3) is 0 Å². The van der Waals surface area contributed by atoms with E-state index in [1.807, 2.05) is 0 Å². The van der Waals surface area contributed by atoms with Crippen LogP contribution in [0.4, 0.5) is 8.78 Å². The number of aliphatic carboxylic acids is 1. The van der Waals surface area contributed by atoms with Crippen LogP contribution < -0.4 is 10.1 Å². The minimum Gasteiger partial charge on any atom is -0.492 e. The van der Waals surface area contributed by atoms with Crippen LogP contribution in [-0.2, 0) is 9.59 Å². The summed E-state index contributed by atoms with van der Waals surface area (Å²) in [5.74, 6) is -4.17. The summed E-state index contributed by atoms with van der Waals surface area (Å²) in [6.07, 6.45) is 0.352. The number of hydrogen-bond acceptors (Lipinski definition) is 3. The van der Waals surface area contributed by atoms with Gasteiger partial charge in [-0.25, -0.2) is 8.78 Å². The second kappa shape index (κ2) is 5.85. The van der Waals surface area contributed by atoms with Crippen LogP contribution in [0.1, 0.15) is 6.42 Å². The molecule has 0 spiro atoms. The summed E-state index contributed by atoms with van der Waals surface area (Å²) in [4.78, 5) is 22.1. The van der Waals surface area contributed by atoms with E-state index in [1.54, 1.807) is 0 Å². The van der Waals surface area contributed by atoms with Gasteiger partial charge >= 0.3 is 5.97 Å². The molecule has 0 aromatic heterocycles. The van der Waals surface area contributed by atoms with Gasteiger partial charge in [0.05, 0.1) is 18.4 Å². The van der Waals surface area contributed by atoms with E-state index in [-0.39, 0.29) is 24.8 Å². The van der Waals surface area contributed by atoms with Crippen LogP contribution >= 0.6 is 0 Å². The standard InChI is InChI=1S/C13H13F2NO4/c14-10-2-1-7(5-11(10)15)20-4-3-16-12(17)8-6-9(8)13(18)19/h1-2,5,8-9H,3-4,6H2,(H,16,17)(H,18,19)/t8-,9+/m1/s1. The number of hydrogen-bond donors (Lipinski definition) is 2. The lowest BCUT2D eigenvalue weighted by molar-refractivity contribution is -0.140. The minimum absolute atomic E-state index is 0.0846. The molecular formula is C13H13F2NO4. The van der Waals surface area contributed by atoms with Gasteiger partial charge in [0.1, 0.15) is 12.4 Å². The van der Waals surface area contributed by atoms with Gasteiger partial charge in [-0.3, -0.25) is 9.59 Å². The van der Waals surface area contributed by atoms with Gasteiger partial charge in [0, 0.05) is 6.07 Å².